The van der Waals surface area contributed by atoms with Crippen molar-refractivity contribution < 1.29 is 9.53 Å². The molecule has 2 aromatic heterocycles. The summed E-state index contributed by atoms with van der Waals surface area (Å²) in [6, 6.07) is 12.3. The van der Waals surface area contributed by atoms with Crippen LogP contribution >= 0.6 is 23.4 Å². The lowest BCUT2D eigenvalue weighted by atomic mass is 10.3. The first-order chi connectivity index (χ1) is 12.0. The highest BCUT2D eigenvalue weighted by atomic mass is 35.5. The normalized spacial score (nSPS) is 10.8. The van der Waals surface area contributed by atoms with Crippen molar-refractivity contribution in [2.24, 2.45) is 0 Å². The number of carbonyl (C=O) groups is 1. The summed E-state index contributed by atoms with van der Waals surface area (Å²) in [5.74, 6) is -0.258. The van der Waals surface area contributed by atoms with E-state index in [4.69, 9.17) is 16.3 Å². The Morgan fingerprint density at radius 3 is 2.88 bits per heavy atom. The average molecular weight is 375 g/mol. The first kappa shape index (κ1) is 17.5. The molecule has 0 aliphatic carbocycles. The van der Waals surface area contributed by atoms with Gasteiger partial charge >= 0.3 is 5.97 Å². The lowest BCUT2D eigenvalue weighted by Gasteiger charge is -2.07. The number of nitrogens with zero attached hydrogens (tertiary/aromatic N) is 2. The van der Waals surface area contributed by atoms with Crippen LogP contribution in [-0.2, 0) is 16.1 Å². The molecular formula is C18H15ClN2O3S. The molecule has 0 spiro atoms. The Bertz CT molecular complexity index is 987. The van der Waals surface area contributed by atoms with Crippen molar-refractivity contribution in [3.63, 3.8) is 0 Å². The fourth-order valence-electron chi connectivity index (χ4n) is 2.23. The van der Waals surface area contributed by atoms with E-state index in [0.717, 1.165) is 10.5 Å². The van der Waals surface area contributed by atoms with Crippen molar-refractivity contribution in [3.8, 4) is 0 Å². The fraction of sp³-hybridized carbons (Fsp3) is 0.167. The maximum Gasteiger partial charge on any atom is 0.316 e. The van der Waals surface area contributed by atoms with E-state index >= 15 is 0 Å². The third-order valence-electron chi connectivity index (χ3n) is 3.42. The minimum atomic E-state index is -0.393. The zero-order chi connectivity index (χ0) is 17.8. The molecule has 0 radical (unpaired) electrons. The van der Waals surface area contributed by atoms with E-state index in [-0.39, 0.29) is 17.9 Å². The van der Waals surface area contributed by atoms with Gasteiger partial charge in [-0.2, -0.15) is 0 Å². The molecule has 0 saturated heterocycles. The van der Waals surface area contributed by atoms with Crippen LogP contribution < -0.4 is 5.56 Å². The summed E-state index contributed by atoms with van der Waals surface area (Å²) < 4.78 is 6.67. The third kappa shape index (κ3) is 4.41. The number of aryl methyl sites for hydroxylation is 1. The lowest BCUT2D eigenvalue weighted by molar-refractivity contribution is -0.141. The molecule has 0 N–H and O–H groups in total. The molecule has 0 atom stereocenters. The quantitative estimate of drug-likeness (QED) is 0.505. The number of hydrogen-bond acceptors (Lipinski definition) is 5. The number of aromatic nitrogens is 2. The topological polar surface area (TPSA) is 60.7 Å². The molecule has 25 heavy (non-hydrogen) atoms. The Balaban J connectivity index is 1.62. The molecule has 3 aromatic rings. The molecule has 0 fully saturated rings. The summed E-state index contributed by atoms with van der Waals surface area (Å²) >= 11 is 7.35. The van der Waals surface area contributed by atoms with E-state index < -0.39 is 5.97 Å². The number of thioether (sulfide) groups is 1. The highest BCUT2D eigenvalue weighted by Gasteiger charge is 2.09. The van der Waals surface area contributed by atoms with E-state index in [0.29, 0.717) is 16.4 Å². The average Bonchev–Trinajstić information content (AvgIpc) is 2.60. The number of rotatable bonds is 5. The van der Waals surface area contributed by atoms with Gasteiger partial charge in [-0.25, -0.2) is 4.98 Å². The second kappa shape index (κ2) is 7.72. The van der Waals surface area contributed by atoms with Gasteiger partial charge < -0.3 is 4.74 Å². The molecule has 2 heterocycles. The Labute approximate surface area is 153 Å². The smallest absolute Gasteiger partial charge is 0.316 e. The number of carbonyl (C=O) groups excluding carboxylic acids is 1. The first-order valence-corrected chi connectivity index (χ1v) is 8.91. The van der Waals surface area contributed by atoms with E-state index in [1.54, 1.807) is 18.3 Å². The molecule has 7 heteroatoms. The second-order valence-corrected chi connectivity index (χ2v) is 6.82. The number of fused-ring (bicyclic) bond motifs is 1. The fourth-order valence-corrected chi connectivity index (χ4v) is 3.26. The molecule has 128 valence electrons. The third-order valence-corrected chi connectivity index (χ3v) is 4.91. The summed E-state index contributed by atoms with van der Waals surface area (Å²) in [5, 5.41) is 0.597. The van der Waals surface area contributed by atoms with E-state index in [1.807, 2.05) is 31.2 Å². The van der Waals surface area contributed by atoms with Gasteiger partial charge in [-0.15, -0.1) is 11.8 Å². The van der Waals surface area contributed by atoms with Gasteiger partial charge in [0, 0.05) is 17.2 Å². The van der Waals surface area contributed by atoms with Gasteiger partial charge in [0.2, 0.25) is 0 Å². The summed E-state index contributed by atoms with van der Waals surface area (Å²) in [6.07, 6.45) is 1.72. The Kier molecular flexibility index (Phi) is 5.40. The van der Waals surface area contributed by atoms with E-state index in [9.17, 15) is 9.59 Å². The number of hydrogen-bond donors (Lipinski definition) is 0. The molecule has 0 aliphatic rings. The highest BCUT2D eigenvalue weighted by Crippen LogP contribution is 2.26. The predicted molar refractivity (Wildman–Crippen MR) is 98.2 cm³/mol. The Morgan fingerprint density at radius 1 is 1.28 bits per heavy atom. The van der Waals surface area contributed by atoms with Crippen LogP contribution in [0.2, 0.25) is 5.02 Å². The zero-order valence-electron chi connectivity index (χ0n) is 13.4. The number of esters is 1. The van der Waals surface area contributed by atoms with Crippen LogP contribution in [0.4, 0.5) is 0 Å². The van der Waals surface area contributed by atoms with Gasteiger partial charge in [-0.1, -0.05) is 29.8 Å². The number of halogens is 1. The first-order valence-electron chi connectivity index (χ1n) is 7.55. The summed E-state index contributed by atoms with van der Waals surface area (Å²) in [6.45, 7) is 1.86. The maximum absolute atomic E-state index is 12.1. The molecule has 1 aromatic carbocycles. The van der Waals surface area contributed by atoms with Crippen LogP contribution in [0.5, 0.6) is 0 Å². The van der Waals surface area contributed by atoms with Crippen LogP contribution in [-0.4, -0.2) is 21.1 Å². The van der Waals surface area contributed by atoms with Gasteiger partial charge in [0.05, 0.1) is 16.5 Å². The second-order valence-electron chi connectivity index (χ2n) is 5.40. The van der Waals surface area contributed by atoms with Crippen LogP contribution in [0.15, 0.2) is 58.4 Å². The van der Waals surface area contributed by atoms with Crippen LogP contribution in [0.3, 0.4) is 0 Å². The summed E-state index contributed by atoms with van der Waals surface area (Å²) in [5.41, 5.74) is 1.71. The lowest BCUT2D eigenvalue weighted by Crippen LogP contribution is -2.17. The minimum Gasteiger partial charge on any atom is -0.459 e. The van der Waals surface area contributed by atoms with Crippen molar-refractivity contribution in [2.75, 3.05) is 5.75 Å². The van der Waals surface area contributed by atoms with Crippen LogP contribution in [0, 0.1) is 6.92 Å². The molecule has 3 rings (SSSR count). The molecule has 0 aliphatic heterocycles. The summed E-state index contributed by atoms with van der Waals surface area (Å²) in [7, 11) is 0. The van der Waals surface area contributed by atoms with Crippen LogP contribution in [0.1, 0.15) is 11.3 Å². The van der Waals surface area contributed by atoms with Crippen molar-refractivity contribution in [3.05, 3.63) is 75.3 Å². The molecule has 5 nitrogen and oxygen atoms in total. The Hall–Kier alpha value is -2.31. The van der Waals surface area contributed by atoms with Gasteiger partial charge in [0.25, 0.3) is 5.56 Å². The number of pyridine rings is 1. The van der Waals surface area contributed by atoms with Crippen molar-refractivity contribution in [2.45, 2.75) is 18.4 Å². The van der Waals surface area contributed by atoms with Crippen LogP contribution in [0.25, 0.3) is 5.65 Å². The number of ether oxygens (including phenoxy) is 1. The van der Waals surface area contributed by atoms with Gasteiger partial charge in [0.15, 0.2) is 0 Å². The summed E-state index contributed by atoms with van der Waals surface area (Å²) in [4.78, 5) is 29.2. The van der Waals surface area contributed by atoms with Crippen molar-refractivity contribution in [1.82, 2.24) is 9.38 Å². The predicted octanol–water partition coefficient (Wildman–Crippen LogP) is 3.49. The highest BCUT2D eigenvalue weighted by molar-refractivity contribution is 8.00. The monoisotopic (exact) mass is 374 g/mol. The zero-order valence-corrected chi connectivity index (χ0v) is 15.0. The molecule has 0 unspecified atom stereocenters. The molecule has 0 bridgehead atoms. The molecule has 0 saturated carbocycles. The minimum absolute atomic E-state index is 0.0401. The molecule has 0 amide bonds. The van der Waals surface area contributed by atoms with Gasteiger partial charge in [-0.05, 0) is 30.7 Å². The Morgan fingerprint density at radius 2 is 2.08 bits per heavy atom. The molecular weight excluding hydrogens is 360 g/mol. The van der Waals surface area contributed by atoms with Crippen molar-refractivity contribution in [1.29, 1.82) is 0 Å². The maximum atomic E-state index is 12.1. The largest absolute Gasteiger partial charge is 0.459 e. The number of benzene rings is 1. The SMILES string of the molecule is Cc1ccc2nc(COC(=O)CSc3ccccc3Cl)cc(=O)n2c1. The van der Waals surface area contributed by atoms with E-state index in [2.05, 4.69) is 4.98 Å². The van der Waals surface area contributed by atoms with Gasteiger partial charge in [0.1, 0.15) is 12.3 Å². The van der Waals surface area contributed by atoms with Crippen molar-refractivity contribution >= 4 is 35.0 Å². The standard InChI is InChI=1S/C18H15ClN2O3S/c1-12-6-7-16-20-13(8-17(22)21(16)9-12)10-24-18(23)11-25-15-5-3-2-4-14(15)19/h2-9H,10-11H2,1H3. The van der Waals surface area contributed by atoms with Gasteiger partial charge in [-0.3, -0.25) is 14.0 Å². The van der Waals surface area contributed by atoms with E-state index in [1.165, 1.54) is 22.2 Å².